The Kier molecular flexibility index (Phi) is 7.37. The van der Waals surface area contributed by atoms with Crippen LogP contribution in [0.1, 0.15) is 25.1 Å². The molecule has 0 radical (unpaired) electrons. The first kappa shape index (κ1) is 24.4. The van der Waals surface area contributed by atoms with Crippen molar-refractivity contribution in [1.29, 1.82) is 0 Å². The molecule has 0 saturated carbocycles. The molecule has 9 nitrogen and oxygen atoms in total. The second kappa shape index (κ2) is 10.3. The first-order chi connectivity index (χ1) is 16.2. The number of aromatic nitrogens is 2. The van der Waals surface area contributed by atoms with Crippen molar-refractivity contribution in [2.75, 3.05) is 62.3 Å². The topological polar surface area (TPSA) is 95.9 Å². The summed E-state index contributed by atoms with van der Waals surface area (Å²) in [6.07, 6.45) is 0.254. The Hall–Kier alpha value is -2.72. The van der Waals surface area contributed by atoms with Gasteiger partial charge in [0.15, 0.2) is 9.84 Å². The van der Waals surface area contributed by atoms with E-state index in [1.54, 1.807) is 38.1 Å². The van der Waals surface area contributed by atoms with Crippen LogP contribution >= 0.6 is 0 Å². The summed E-state index contributed by atoms with van der Waals surface area (Å²) in [4.78, 5) is 28.8. The number of sulfone groups is 1. The first-order valence-corrected chi connectivity index (χ1v) is 13.3. The summed E-state index contributed by atoms with van der Waals surface area (Å²) in [6.45, 7) is 10.9. The fraction of sp³-hybridized carbons (Fsp3) is 0.542. The maximum atomic E-state index is 12.9. The summed E-state index contributed by atoms with van der Waals surface area (Å²) in [7, 11) is -3.31. The van der Waals surface area contributed by atoms with Gasteiger partial charge in [-0.2, -0.15) is 4.98 Å². The lowest BCUT2D eigenvalue weighted by atomic mass is 10.1. The number of hydrogen-bond acceptors (Lipinski definition) is 8. The number of hydrogen-bond donors (Lipinski definition) is 0. The monoisotopic (exact) mass is 487 g/mol. The minimum Gasteiger partial charge on any atom is -0.378 e. The summed E-state index contributed by atoms with van der Waals surface area (Å²) in [6, 6.07) is 8.66. The number of aryl methyl sites for hydroxylation is 1. The molecule has 2 saturated heterocycles. The summed E-state index contributed by atoms with van der Waals surface area (Å²) in [5.74, 6) is 1.67. The minimum atomic E-state index is -3.31. The third kappa shape index (κ3) is 5.50. The van der Waals surface area contributed by atoms with Gasteiger partial charge in [-0.3, -0.25) is 4.79 Å². The number of nitrogens with zero attached hydrogens (tertiary/aromatic N) is 5. The van der Waals surface area contributed by atoms with Gasteiger partial charge >= 0.3 is 0 Å². The van der Waals surface area contributed by atoms with Gasteiger partial charge in [0.05, 0.1) is 29.8 Å². The Morgan fingerprint density at radius 3 is 2.24 bits per heavy atom. The number of amides is 1. The maximum absolute atomic E-state index is 12.9. The summed E-state index contributed by atoms with van der Waals surface area (Å²) < 4.78 is 30.0. The van der Waals surface area contributed by atoms with E-state index < -0.39 is 15.1 Å². The van der Waals surface area contributed by atoms with E-state index >= 15 is 0 Å². The summed E-state index contributed by atoms with van der Waals surface area (Å²) in [5.41, 5.74) is 1.74. The molecule has 1 amide bonds. The van der Waals surface area contributed by atoms with Gasteiger partial charge in [0.2, 0.25) is 11.9 Å². The van der Waals surface area contributed by atoms with Gasteiger partial charge < -0.3 is 19.4 Å². The van der Waals surface area contributed by atoms with Crippen LogP contribution in [0.2, 0.25) is 0 Å². The van der Waals surface area contributed by atoms with E-state index in [-0.39, 0.29) is 12.3 Å². The van der Waals surface area contributed by atoms with E-state index in [4.69, 9.17) is 9.72 Å². The SMILES string of the molecule is Cc1cc(N2CCOCC2)nc(N2CCN(C(=O)Cc3ccc(S(=O)(=O)C(C)C)cc3)CC2)n1. The lowest BCUT2D eigenvalue weighted by molar-refractivity contribution is -0.130. The van der Waals surface area contributed by atoms with Crippen molar-refractivity contribution in [3.8, 4) is 0 Å². The van der Waals surface area contributed by atoms with Crippen LogP contribution in [0.5, 0.6) is 0 Å². The molecule has 10 heteroatoms. The highest BCUT2D eigenvalue weighted by atomic mass is 32.2. The molecule has 3 heterocycles. The molecule has 4 rings (SSSR count). The Labute approximate surface area is 201 Å². The van der Waals surface area contributed by atoms with E-state index in [0.717, 1.165) is 30.2 Å². The number of piperazine rings is 1. The number of ether oxygens (including phenoxy) is 1. The Morgan fingerprint density at radius 2 is 1.62 bits per heavy atom. The molecular weight excluding hydrogens is 454 g/mol. The third-order valence-electron chi connectivity index (χ3n) is 6.31. The van der Waals surface area contributed by atoms with E-state index in [1.807, 2.05) is 17.9 Å². The zero-order valence-corrected chi connectivity index (χ0v) is 20.9. The Bertz CT molecular complexity index is 1110. The smallest absolute Gasteiger partial charge is 0.227 e. The molecule has 2 aliphatic rings. The number of rotatable bonds is 6. The molecule has 184 valence electrons. The van der Waals surface area contributed by atoms with Crippen LogP contribution in [0.25, 0.3) is 0 Å². The highest BCUT2D eigenvalue weighted by Gasteiger charge is 2.24. The molecule has 0 atom stereocenters. The molecule has 34 heavy (non-hydrogen) atoms. The van der Waals surface area contributed by atoms with Crippen molar-refractivity contribution in [2.24, 2.45) is 0 Å². The van der Waals surface area contributed by atoms with Crippen molar-refractivity contribution in [3.05, 3.63) is 41.6 Å². The predicted molar refractivity (Wildman–Crippen MR) is 131 cm³/mol. The lowest BCUT2D eigenvalue weighted by Crippen LogP contribution is -2.49. The van der Waals surface area contributed by atoms with Crippen molar-refractivity contribution in [1.82, 2.24) is 14.9 Å². The van der Waals surface area contributed by atoms with Crippen LogP contribution in [0, 0.1) is 6.92 Å². The first-order valence-electron chi connectivity index (χ1n) is 11.8. The Balaban J connectivity index is 1.35. The number of morpholine rings is 1. The molecule has 0 aliphatic carbocycles. The van der Waals surface area contributed by atoms with E-state index in [0.29, 0.717) is 50.2 Å². The van der Waals surface area contributed by atoms with E-state index in [9.17, 15) is 13.2 Å². The molecule has 1 aromatic carbocycles. The van der Waals surface area contributed by atoms with E-state index in [1.165, 1.54) is 0 Å². The van der Waals surface area contributed by atoms with E-state index in [2.05, 4.69) is 14.8 Å². The van der Waals surface area contributed by atoms with Gasteiger partial charge in [0.25, 0.3) is 0 Å². The number of carbonyl (C=O) groups excluding carboxylic acids is 1. The zero-order valence-electron chi connectivity index (χ0n) is 20.1. The van der Waals surface area contributed by atoms with Gasteiger partial charge in [0, 0.05) is 51.0 Å². The van der Waals surface area contributed by atoms with Crippen molar-refractivity contribution >= 4 is 27.5 Å². The molecule has 2 aromatic rings. The third-order valence-corrected chi connectivity index (χ3v) is 8.48. The second-order valence-electron chi connectivity index (χ2n) is 9.05. The minimum absolute atomic E-state index is 0.0401. The highest BCUT2D eigenvalue weighted by molar-refractivity contribution is 7.92. The average molecular weight is 488 g/mol. The average Bonchev–Trinajstić information content (AvgIpc) is 2.84. The van der Waals surface area contributed by atoms with Crippen molar-refractivity contribution < 1.29 is 17.9 Å². The molecular formula is C24H33N5O4S. The van der Waals surface area contributed by atoms with Crippen LogP contribution in [-0.2, 0) is 25.8 Å². The Morgan fingerprint density at radius 1 is 0.971 bits per heavy atom. The largest absolute Gasteiger partial charge is 0.378 e. The molecule has 1 aromatic heterocycles. The van der Waals surface area contributed by atoms with Gasteiger partial charge in [0.1, 0.15) is 5.82 Å². The predicted octanol–water partition coefficient (Wildman–Crippen LogP) is 1.70. The lowest BCUT2D eigenvalue weighted by Gasteiger charge is -2.35. The number of carbonyl (C=O) groups is 1. The van der Waals surface area contributed by atoms with Gasteiger partial charge in [-0.15, -0.1) is 0 Å². The van der Waals surface area contributed by atoms with Crippen LogP contribution in [0.4, 0.5) is 11.8 Å². The number of benzene rings is 1. The maximum Gasteiger partial charge on any atom is 0.227 e. The molecule has 0 N–H and O–H groups in total. The molecule has 0 bridgehead atoms. The van der Waals surface area contributed by atoms with Crippen molar-refractivity contribution in [3.63, 3.8) is 0 Å². The van der Waals surface area contributed by atoms with Crippen LogP contribution in [-0.4, -0.2) is 86.9 Å². The van der Waals surface area contributed by atoms with Gasteiger partial charge in [-0.25, -0.2) is 13.4 Å². The molecule has 0 spiro atoms. The number of anilines is 2. The standard InChI is InChI=1S/C24H33N5O4S/c1-18(2)34(31,32)21-6-4-20(5-7-21)17-23(30)28-8-10-29(11-9-28)24-25-19(3)16-22(26-24)27-12-14-33-15-13-27/h4-7,16,18H,8-15,17H2,1-3H3. The molecule has 0 unspecified atom stereocenters. The summed E-state index contributed by atoms with van der Waals surface area (Å²) >= 11 is 0. The van der Waals surface area contributed by atoms with Gasteiger partial charge in [-0.05, 0) is 38.5 Å². The normalized spacial score (nSPS) is 17.4. The fourth-order valence-electron chi connectivity index (χ4n) is 4.14. The summed E-state index contributed by atoms with van der Waals surface area (Å²) in [5, 5.41) is -0.474. The van der Waals surface area contributed by atoms with Crippen LogP contribution < -0.4 is 9.80 Å². The fourth-order valence-corrected chi connectivity index (χ4v) is 5.20. The van der Waals surface area contributed by atoms with Gasteiger partial charge in [-0.1, -0.05) is 12.1 Å². The highest BCUT2D eigenvalue weighted by Crippen LogP contribution is 2.21. The zero-order chi connectivity index (χ0) is 24.3. The van der Waals surface area contributed by atoms with Crippen LogP contribution in [0.15, 0.2) is 35.2 Å². The van der Waals surface area contributed by atoms with Crippen molar-refractivity contribution in [2.45, 2.75) is 37.3 Å². The molecule has 2 fully saturated rings. The van der Waals surface area contributed by atoms with Crippen LogP contribution in [0.3, 0.4) is 0 Å². The quantitative estimate of drug-likeness (QED) is 0.608. The second-order valence-corrected chi connectivity index (χ2v) is 11.6. The molecule has 2 aliphatic heterocycles.